The number of hydrogen-bond donors (Lipinski definition) is 2. The molecular formula is C8H9N2O. The summed E-state index contributed by atoms with van der Waals surface area (Å²) in [6.07, 6.45) is 0. The number of nitrogens with one attached hydrogen (secondary N) is 2. The highest BCUT2D eigenvalue weighted by atomic mass is 16.2. The number of para-hydroxylation sites is 1. The van der Waals surface area contributed by atoms with Crippen molar-refractivity contribution in [2.24, 2.45) is 0 Å². The minimum atomic E-state index is -0.229. The van der Waals surface area contributed by atoms with E-state index < -0.39 is 0 Å². The molecule has 0 fully saturated rings. The van der Waals surface area contributed by atoms with Gasteiger partial charge in [-0.3, -0.25) is 0 Å². The van der Waals surface area contributed by atoms with Gasteiger partial charge in [-0.1, -0.05) is 18.2 Å². The van der Waals surface area contributed by atoms with Crippen molar-refractivity contribution in [2.75, 3.05) is 12.4 Å². The molecule has 0 aliphatic heterocycles. The van der Waals surface area contributed by atoms with Gasteiger partial charge in [0.25, 0.3) is 0 Å². The van der Waals surface area contributed by atoms with Gasteiger partial charge in [0.05, 0.1) is 5.69 Å². The molecular weight excluding hydrogens is 140 g/mol. The van der Waals surface area contributed by atoms with E-state index in [9.17, 15) is 4.79 Å². The third-order valence-electron chi connectivity index (χ3n) is 1.18. The topological polar surface area (TPSA) is 41.1 Å². The molecule has 0 atom stereocenters. The molecule has 0 saturated carbocycles. The van der Waals surface area contributed by atoms with Gasteiger partial charge in [0, 0.05) is 13.1 Å². The molecule has 2 N–H and O–H groups in total. The SMILES string of the molecule is CNC(=O)Nc1[c]cccc1. The van der Waals surface area contributed by atoms with Crippen molar-refractivity contribution in [1.82, 2.24) is 5.32 Å². The van der Waals surface area contributed by atoms with Crippen molar-refractivity contribution in [3.8, 4) is 0 Å². The molecule has 0 spiro atoms. The zero-order valence-corrected chi connectivity index (χ0v) is 6.22. The van der Waals surface area contributed by atoms with E-state index in [0.717, 1.165) is 0 Å². The first-order valence-electron chi connectivity index (χ1n) is 3.28. The van der Waals surface area contributed by atoms with Gasteiger partial charge in [0.2, 0.25) is 0 Å². The van der Waals surface area contributed by atoms with Gasteiger partial charge >= 0.3 is 6.03 Å². The molecule has 2 amide bonds. The van der Waals surface area contributed by atoms with Crippen LogP contribution >= 0.6 is 0 Å². The number of anilines is 1. The summed E-state index contributed by atoms with van der Waals surface area (Å²) in [6.45, 7) is 0. The fraction of sp³-hybridized carbons (Fsp3) is 0.125. The maximum atomic E-state index is 10.7. The Kier molecular flexibility index (Phi) is 2.49. The van der Waals surface area contributed by atoms with Crippen LogP contribution in [0, 0.1) is 6.07 Å². The lowest BCUT2D eigenvalue weighted by Gasteiger charge is -2.01. The van der Waals surface area contributed by atoms with E-state index in [-0.39, 0.29) is 6.03 Å². The molecule has 0 heterocycles. The molecule has 3 heteroatoms. The second kappa shape index (κ2) is 3.61. The van der Waals surface area contributed by atoms with Gasteiger partial charge in [-0.05, 0) is 6.07 Å². The van der Waals surface area contributed by atoms with Crippen LogP contribution in [-0.2, 0) is 0 Å². The van der Waals surface area contributed by atoms with Crippen molar-refractivity contribution >= 4 is 11.7 Å². The van der Waals surface area contributed by atoms with Crippen LogP contribution in [0.2, 0.25) is 0 Å². The standard InChI is InChI=1S/C8H9N2O/c1-9-8(11)10-7-5-3-2-4-6-7/h2-5H,1H3,(H2,9,10,11). The molecule has 1 aromatic carbocycles. The first kappa shape index (κ1) is 7.60. The van der Waals surface area contributed by atoms with Gasteiger partial charge in [0.1, 0.15) is 0 Å². The summed E-state index contributed by atoms with van der Waals surface area (Å²) < 4.78 is 0. The van der Waals surface area contributed by atoms with E-state index >= 15 is 0 Å². The summed E-state index contributed by atoms with van der Waals surface area (Å²) in [5.74, 6) is 0. The van der Waals surface area contributed by atoms with Gasteiger partial charge in [-0.25, -0.2) is 4.79 Å². The lowest BCUT2D eigenvalue weighted by Crippen LogP contribution is -2.24. The lowest BCUT2D eigenvalue weighted by molar-refractivity contribution is 0.254. The number of urea groups is 1. The maximum Gasteiger partial charge on any atom is 0.318 e. The monoisotopic (exact) mass is 149 g/mol. The number of carbonyl (C=O) groups excluding carboxylic acids is 1. The summed E-state index contributed by atoms with van der Waals surface area (Å²) in [6, 6.07) is 9.82. The van der Waals surface area contributed by atoms with Crippen LogP contribution in [0.15, 0.2) is 24.3 Å². The Hall–Kier alpha value is -1.51. The molecule has 1 rings (SSSR count). The van der Waals surface area contributed by atoms with Gasteiger partial charge < -0.3 is 10.6 Å². The van der Waals surface area contributed by atoms with Crippen LogP contribution in [0.1, 0.15) is 0 Å². The Morgan fingerprint density at radius 2 is 2.36 bits per heavy atom. The van der Waals surface area contributed by atoms with Crippen LogP contribution < -0.4 is 10.6 Å². The Balaban J connectivity index is 2.58. The van der Waals surface area contributed by atoms with Crippen molar-refractivity contribution in [2.45, 2.75) is 0 Å². The molecule has 0 aromatic heterocycles. The number of hydrogen-bond acceptors (Lipinski definition) is 1. The van der Waals surface area contributed by atoms with E-state index in [1.54, 1.807) is 19.2 Å². The number of rotatable bonds is 1. The summed E-state index contributed by atoms with van der Waals surface area (Å²) >= 11 is 0. The minimum Gasteiger partial charge on any atom is -0.341 e. The average Bonchev–Trinajstić information content (AvgIpc) is 2.06. The third kappa shape index (κ3) is 2.29. The van der Waals surface area contributed by atoms with Gasteiger partial charge in [-0.2, -0.15) is 0 Å². The maximum absolute atomic E-state index is 10.7. The smallest absolute Gasteiger partial charge is 0.318 e. The van der Waals surface area contributed by atoms with Crippen LogP contribution in [0.3, 0.4) is 0 Å². The molecule has 0 bridgehead atoms. The molecule has 0 aliphatic carbocycles. The predicted octanol–water partition coefficient (Wildman–Crippen LogP) is 1.24. The van der Waals surface area contributed by atoms with E-state index in [1.807, 2.05) is 12.1 Å². The largest absolute Gasteiger partial charge is 0.341 e. The molecule has 57 valence electrons. The molecule has 0 saturated heterocycles. The highest BCUT2D eigenvalue weighted by Gasteiger charge is 1.94. The third-order valence-corrected chi connectivity index (χ3v) is 1.18. The zero-order valence-electron chi connectivity index (χ0n) is 6.22. The highest BCUT2D eigenvalue weighted by Crippen LogP contribution is 2.02. The van der Waals surface area contributed by atoms with E-state index in [1.165, 1.54) is 0 Å². The fourth-order valence-corrected chi connectivity index (χ4v) is 0.656. The van der Waals surface area contributed by atoms with Crippen molar-refractivity contribution in [1.29, 1.82) is 0 Å². The Labute approximate surface area is 65.4 Å². The van der Waals surface area contributed by atoms with Gasteiger partial charge in [0.15, 0.2) is 0 Å². The number of carbonyl (C=O) groups is 1. The number of benzene rings is 1. The minimum absolute atomic E-state index is 0.229. The molecule has 1 radical (unpaired) electrons. The molecule has 11 heavy (non-hydrogen) atoms. The first-order chi connectivity index (χ1) is 5.33. The lowest BCUT2D eigenvalue weighted by atomic mass is 10.3. The second-order valence-electron chi connectivity index (χ2n) is 1.98. The Morgan fingerprint density at radius 3 is 2.91 bits per heavy atom. The normalized spacial score (nSPS) is 8.82. The predicted molar refractivity (Wildman–Crippen MR) is 43.4 cm³/mol. The van der Waals surface area contributed by atoms with Crippen molar-refractivity contribution in [3.63, 3.8) is 0 Å². The second-order valence-corrected chi connectivity index (χ2v) is 1.98. The van der Waals surface area contributed by atoms with E-state index in [0.29, 0.717) is 5.69 Å². The molecule has 3 nitrogen and oxygen atoms in total. The van der Waals surface area contributed by atoms with Crippen molar-refractivity contribution < 1.29 is 4.79 Å². The average molecular weight is 149 g/mol. The van der Waals surface area contributed by atoms with Gasteiger partial charge in [-0.15, -0.1) is 0 Å². The highest BCUT2D eigenvalue weighted by molar-refractivity contribution is 5.88. The number of amides is 2. The fourth-order valence-electron chi connectivity index (χ4n) is 0.656. The van der Waals surface area contributed by atoms with E-state index in [4.69, 9.17) is 0 Å². The zero-order chi connectivity index (χ0) is 8.10. The Morgan fingerprint density at radius 1 is 1.55 bits per heavy atom. The first-order valence-corrected chi connectivity index (χ1v) is 3.28. The van der Waals surface area contributed by atoms with Crippen LogP contribution in [0.25, 0.3) is 0 Å². The molecule has 0 aliphatic rings. The Bertz CT molecular complexity index is 233. The summed E-state index contributed by atoms with van der Waals surface area (Å²) in [7, 11) is 1.57. The molecule has 0 unspecified atom stereocenters. The van der Waals surface area contributed by atoms with Crippen LogP contribution in [0.5, 0.6) is 0 Å². The van der Waals surface area contributed by atoms with E-state index in [2.05, 4.69) is 16.7 Å². The van der Waals surface area contributed by atoms with Crippen LogP contribution in [0.4, 0.5) is 10.5 Å². The molecule has 1 aromatic rings. The summed E-state index contributed by atoms with van der Waals surface area (Å²) in [5, 5.41) is 5.03. The van der Waals surface area contributed by atoms with Crippen LogP contribution in [-0.4, -0.2) is 13.1 Å². The quantitative estimate of drug-likeness (QED) is 0.619. The summed E-state index contributed by atoms with van der Waals surface area (Å²) in [4.78, 5) is 10.7. The summed E-state index contributed by atoms with van der Waals surface area (Å²) in [5.41, 5.74) is 0.673. The van der Waals surface area contributed by atoms with Crippen molar-refractivity contribution in [3.05, 3.63) is 30.3 Å².